The molecule has 0 spiro atoms. The van der Waals surface area contributed by atoms with Crippen molar-refractivity contribution in [3.05, 3.63) is 71.5 Å². The van der Waals surface area contributed by atoms with E-state index in [0.717, 1.165) is 16.5 Å². The third-order valence-electron chi connectivity index (χ3n) is 3.27. The molecule has 0 N–H and O–H groups in total. The molecule has 1 aromatic heterocycles. The second-order valence-electron chi connectivity index (χ2n) is 4.73. The van der Waals surface area contributed by atoms with Gasteiger partial charge in [0.05, 0.1) is 5.56 Å². The fraction of sp³-hybridized carbons (Fsp3) is 0.118. The molecular formula is C17H14O2. The summed E-state index contributed by atoms with van der Waals surface area (Å²) >= 11 is 0. The van der Waals surface area contributed by atoms with Crippen molar-refractivity contribution in [3.63, 3.8) is 0 Å². The Bertz CT molecular complexity index is 720. The molecule has 0 saturated carbocycles. The first kappa shape index (κ1) is 11.7. The van der Waals surface area contributed by atoms with Gasteiger partial charge < -0.3 is 4.42 Å². The quantitative estimate of drug-likeness (QED) is 0.653. The van der Waals surface area contributed by atoms with Crippen LogP contribution in [0, 0.1) is 6.92 Å². The lowest BCUT2D eigenvalue weighted by Gasteiger charge is -2.00. The SMILES string of the molecule is Cc1ccc(CC(=O)c2coc3ccccc23)cc1. The fourth-order valence-corrected chi connectivity index (χ4v) is 2.18. The minimum absolute atomic E-state index is 0.0915. The molecule has 0 fully saturated rings. The van der Waals surface area contributed by atoms with Crippen LogP contribution in [0.25, 0.3) is 11.0 Å². The lowest BCUT2D eigenvalue weighted by Crippen LogP contribution is -2.02. The molecule has 0 amide bonds. The van der Waals surface area contributed by atoms with Crippen LogP contribution in [0.3, 0.4) is 0 Å². The second kappa shape index (κ2) is 4.73. The molecule has 0 atom stereocenters. The van der Waals surface area contributed by atoms with Crippen LogP contribution in [-0.2, 0) is 6.42 Å². The topological polar surface area (TPSA) is 30.2 Å². The van der Waals surface area contributed by atoms with Crippen LogP contribution in [0.4, 0.5) is 0 Å². The third kappa shape index (κ3) is 2.29. The molecular weight excluding hydrogens is 236 g/mol. The van der Waals surface area contributed by atoms with Crippen LogP contribution < -0.4 is 0 Å². The molecule has 0 aliphatic carbocycles. The fourth-order valence-electron chi connectivity index (χ4n) is 2.18. The summed E-state index contributed by atoms with van der Waals surface area (Å²) in [5.74, 6) is 0.0915. The lowest BCUT2D eigenvalue weighted by molar-refractivity contribution is 0.0993. The Hall–Kier alpha value is -2.35. The number of hydrogen-bond donors (Lipinski definition) is 0. The predicted octanol–water partition coefficient (Wildman–Crippen LogP) is 4.17. The van der Waals surface area contributed by atoms with Crippen molar-refractivity contribution in [1.82, 2.24) is 0 Å². The highest BCUT2D eigenvalue weighted by Crippen LogP contribution is 2.22. The number of Topliss-reactive ketones (excluding diaryl/α,β-unsaturated/α-hetero) is 1. The van der Waals surface area contributed by atoms with Crippen LogP contribution >= 0.6 is 0 Å². The Morgan fingerprint density at radius 1 is 1.05 bits per heavy atom. The van der Waals surface area contributed by atoms with E-state index < -0.39 is 0 Å². The number of hydrogen-bond acceptors (Lipinski definition) is 2. The second-order valence-corrected chi connectivity index (χ2v) is 4.73. The minimum Gasteiger partial charge on any atom is -0.464 e. The van der Waals surface area contributed by atoms with Crippen molar-refractivity contribution >= 4 is 16.8 Å². The van der Waals surface area contributed by atoms with Gasteiger partial charge in [-0.05, 0) is 18.6 Å². The number of benzene rings is 2. The van der Waals surface area contributed by atoms with Gasteiger partial charge in [-0.3, -0.25) is 4.79 Å². The molecule has 94 valence electrons. The summed E-state index contributed by atoms with van der Waals surface area (Å²) < 4.78 is 5.41. The summed E-state index contributed by atoms with van der Waals surface area (Å²) in [5, 5.41) is 0.889. The summed E-state index contributed by atoms with van der Waals surface area (Å²) in [6.45, 7) is 2.04. The van der Waals surface area contributed by atoms with Crippen molar-refractivity contribution in [2.75, 3.05) is 0 Å². The number of carbonyl (C=O) groups is 1. The molecule has 2 heteroatoms. The van der Waals surface area contributed by atoms with Crippen LogP contribution in [0.15, 0.2) is 59.2 Å². The molecule has 2 nitrogen and oxygen atoms in total. The maximum Gasteiger partial charge on any atom is 0.171 e. The first-order valence-electron chi connectivity index (χ1n) is 6.29. The molecule has 0 bridgehead atoms. The zero-order valence-electron chi connectivity index (χ0n) is 10.7. The van der Waals surface area contributed by atoms with E-state index in [2.05, 4.69) is 0 Å². The summed E-state index contributed by atoms with van der Waals surface area (Å²) in [4.78, 5) is 12.3. The van der Waals surface area contributed by atoms with E-state index in [-0.39, 0.29) is 5.78 Å². The molecule has 3 rings (SSSR count). The zero-order chi connectivity index (χ0) is 13.2. The van der Waals surface area contributed by atoms with E-state index in [0.29, 0.717) is 12.0 Å². The minimum atomic E-state index is 0.0915. The van der Waals surface area contributed by atoms with Crippen molar-refractivity contribution in [1.29, 1.82) is 0 Å². The molecule has 0 unspecified atom stereocenters. The number of furan rings is 1. The van der Waals surface area contributed by atoms with Crippen molar-refractivity contribution in [3.8, 4) is 0 Å². The Morgan fingerprint density at radius 2 is 1.79 bits per heavy atom. The number of rotatable bonds is 3. The van der Waals surface area contributed by atoms with Crippen LogP contribution in [-0.4, -0.2) is 5.78 Å². The number of ketones is 1. The van der Waals surface area contributed by atoms with Crippen LogP contribution in [0.5, 0.6) is 0 Å². The number of fused-ring (bicyclic) bond motifs is 1. The van der Waals surface area contributed by atoms with Gasteiger partial charge in [-0.2, -0.15) is 0 Å². The summed E-state index contributed by atoms with van der Waals surface area (Å²) in [7, 11) is 0. The molecule has 0 radical (unpaired) electrons. The monoisotopic (exact) mass is 250 g/mol. The third-order valence-corrected chi connectivity index (χ3v) is 3.27. The van der Waals surface area contributed by atoms with Gasteiger partial charge in [-0.15, -0.1) is 0 Å². The van der Waals surface area contributed by atoms with Crippen molar-refractivity contribution in [2.45, 2.75) is 13.3 Å². The van der Waals surface area contributed by atoms with E-state index >= 15 is 0 Å². The van der Waals surface area contributed by atoms with Gasteiger partial charge in [-0.1, -0.05) is 48.0 Å². The number of aryl methyl sites for hydroxylation is 1. The Labute approximate surface area is 111 Å². The van der Waals surface area contributed by atoms with E-state index in [9.17, 15) is 4.79 Å². The van der Waals surface area contributed by atoms with Gasteiger partial charge in [-0.25, -0.2) is 0 Å². The zero-order valence-corrected chi connectivity index (χ0v) is 10.7. The molecule has 0 saturated heterocycles. The van der Waals surface area contributed by atoms with Gasteiger partial charge >= 0.3 is 0 Å². The molecule has 2 aromatic carbocycles. The van der Waals surface area contributed by atoms with Crippen LogP contribution in [0.2, 0.25) is 0 Å². The normalized spacial score (nSPS) is 10.8. The molecule has 19 heavy (non-hydrogen) atoms. The van der Waals surface area contributed by atoms with E-state index in [4.69, 9.17) is 4.42 Å². The largest absolute Gasteiger partial charge is 0.464 e. The smallest absolute Gasteiger partial charge is 0.171 e. The van der Waals surface area contributed by atoms with Crippen molar-refractivity contribution < 1.29 is 9.21 Å². The molecule has 3 aromatic rings. The highest BCUT2D eigenvalue weighted by molar-refractivity contribution is 6.07. The number of carbonyl (C=O) groups excluding carboxylic acids is 1. The van der Waals surface area contributed by atoms with Gasteiger partial charge in [0.15, 0.2) is 5.78 Å². The Kier molecular flexibility index (Phi) is 2.92. The average Bonchev–Trinajstić information content (AvgIpc) is 2.85. The highest BCUT2D eigenvalue weighted by Gasteiger charge is 2.13. The van der Waals surface area contributed by atoms with E-state index in [1.54, 1.807) is 6.26 Å². The summed E-state index contributed by atoms with van der Waals surface area (Å²) in [6.07, 6.45) is 1.96. The first-order valence-corrected chi connectivity index (χ1v) is 6.29. The maximum absolute atomic E-state index is 12.3. The van der Waals surface area contributed by atoms with Crippen molar-refractivity contribution in [2.24, 2.45) is 0 Å². The Morgan fingerprint density at radius 3 is 2.58 bits per heavy atom. The van der Waals surface area contributed by atoms with E-state index in [1.165, 1.54) is 5.56 Å². The molecule has 0 aliphatic rings. The van der Waals surface area contributed by atoms with Gasteiger partial charge in [0.25, 0.3) is 0 Å². The van der Waals surface area contributed by atoms with E-state index in [1.807, 2.05) is 55.5 Å². The number of para-hydroxylation sites is 1. The Balaban J connectivity index is 1.90. The van der Waals surface area contributed by atoms with Gasteiger partial charge in [0, 0.05) is 11.8 Å². The molecule has 0 aliphatic heterocycles. The highest BCUT2D eigenvalue weighted by atomic mass is 16.3. The van der Waals surface area contributed by atoms with Gasteiger partial charge in [0.1, 0.15) is 11.8 Å². The first-order chi connectivity index (χ1) is 9.24. The summed E-state index contributed by atoms with van der Waals surface area (Å²) in [6, 6.07) is 15.6. The summed E-state index contributed by atoms with van der Waals surface area (Å²) in [5.41, 5.74) is 3.65. The van der Waals surface area contributed by atoms with Gasteiger partial charge in [0.2, 0.25) is 0 Å². The predicted molar refractivity (Wildman–Crippen MR) is 75.4 cm³/mol. The maximum atomic E-state index is 12.3. The lowest BCUT2D eigenvalue weighted by atomic mass is 10.0. The molecule has 1 heterocycles. The average molecular weight is 250 g/mol. The van der Waals surface area contributed by atoms with Crippen LogP contribution in [0.1, 0.15) is 21.5 Å². The standard InChI is InChI=1S/C17H14O2/c1-12-6-8-13(9-7-12)10-16(18)15-11-19-17-5-3-2-4-14(15)17/h2-9,11H,10H2,1H3.